The van der Waals surface area contributed by atoms with E-state index in [2.05, 4.69) is 0 Å². The maximum atomic E-state index is 12.7. The fourth-order valence-electron chi connectivity index (χ4n) is 4.16. The van der Waals surface area contributed by atoms with Gasteiger partial charge in [-0.15, -0.1) is 0 Å². The Morgan fingerprint density at radius 3 is 2.69 bits per heavy atom. The Hall–Kier alpha value is -2.21. The normalized spacial score (nSPS) is 37.0. The number of esters is 2. The first kappa shape index (κ1) is 18.6. The minimum absolute atomic E-state index is 0.117. The molecule has 0 bridgehead atoms. The number of carbonyl (C=O) groups is 3. The fourth-order valence-corrected chi connectivity index (χ4v) is 4.16. The first-order valence-electron chi connectivity index (χ1n) is 8.83. The number of rotatable bonds is 2. The molecule has 0 radical (unpaired) electrons. The van der Waals surface area contributed by atoms with E-state index in [0.29, 0.717) is 23.1 Å². The van der Waals surface area contributed by atoms with Crippen LogP contribution in [0.5, 0.6) is 0 Å². The van der Waals surface area contributed by atoms with E-state index < -0.39 is 29.1 Å². The second-order valence-corrected chi connectivity index (χ2v) is 7.61. The average molecular weight is 360 g/mol. The molecule has 26 heavy (non-hydrogen) atoms. The number of allylic oxidation sites excluding steroid dienone is 1. The third kappa shape index (κ3) is 2.24. The maximum Gasteiger partial charge on any atom is 0.339 e. The minimum Gasteiger partial charge on any atom is -0.453 e. The van der Waals surface area contributed by atoms with Crippen LogP contribution in [-0.2, 0) is 23.9 Å². The Morgan fingerprint density at radius 2 is 2.08 bits per heavy atom. The number of aliphatic hydroxyl groups is 1. The summed E-state index contributed by atoms with van der Waals surface area (Å²) < 4.78 is 11.0. The smallest absolute Gasteiger partial charge is 0.339 e. The lowest BCUT2D eigenvalue weighted by Crippen LogP contribution is -2.65. The van der Waals surface area contributed by atoms with Gasteiger partial charge in [0.1, 0.15) is 11.9 Å². The summed E-state index contributed by atoms with van der Waals surface area (Å²) in [6.07, 6.45) is 2.79. The van der Waals surface area contributed by atoms with E-state index in [1.54, 1.807) is 33.8 Å². The molecule has 1 unspecified atom stereocenters. The third-order valence-corrected chi connectivity index (χ3v) is 6.38. The van der Waals surface area contributed by atoms with E-state index >= 15 is 0 Å². The van der Waals surface area contributed by atoms with E-state index in [9.17, 15) is 19.5 Å². The SMILES string of the molecule is C/C=C(\C)C(=O)O[C@@H]1C2=C(C)C(=O)OC2=CC2(O)C(=O)CC[C@H](C)[C@@]12C. The molecule has 2 aliphatic carbocycles. The summed E-state index contributed by atoms with van der Waals surface area (Å²) in [6.45, 7) is 8.62. The van der Waals surface area contributed by atoms with Crippen molar-refractivity contribution in [2.24, 2.45) is 11.3 Å². The van der Waals surface area contributed by atoms with Gasteiger partial charge >= 0.3 is 11.9 Å². The van der Waals surface area contributed by atoms with Gasteiger partial charge in [-0.05, 0) is 39.2 Å². The lowest BCUT2D eigenvalue weighted by Gasteiger charge is -2.55. The monoisotopic (exact) mass is 360 g/mol. The molecule has 6 heteroatoms. The van der Waals surface area contributed by atoms with Crippen LogP contribution >= 0.6 is 0 Å². The Morgan fingerprint density at radius 1 is 1.42 bits per heavy atom. The third-order valence-electron chi connectivity index (χ3n) is 6.38. The molecular formula is C20H24O6. The van der Waals surface area contributed by atoms with Crippen molar-refractivity contribution < 1.29 is 29.0 Å². The van der Waals surface area contributed by atoms with Gasteiger partial charge in [0.25, 0.3) is 0 Å². The molecule has 6 nitrogen and oxygen atoms in total. The quantitative estimate of drug-likeness (QED) is 0.601. The van der Waals surface area contributed by atoms with E-state index in [-0.39, 0.29) is 23.9 Å². The molecule has 0 aromatic carbocycles. The topological polar surface area (TPSA) is 89.9 Å². The molecule has 0 amide bonds. The molecule has 0 aromatic heterocycles. The van der Waals surface area contributed by atoms with Crippen molar-refractivity contribution in [1.29, 1.82) is 0 Å². The van der Waals surface area contributed by atoms with Gasteiger partial charge in [0.05, 0.1) is 5.41 Å². The van der Waals surface area contributed by atoms with Crippen molar-refractivity contribution >= 4 is 17.7 Å². The molecule has 1 heterocycles. The molecule has 1 saturated carbocycles. The minimum atomic E-state index is -1.86. The molecule has 1 fully saturated rings. The summed E-state index contributed by atoms with van der Waals surface area (Å²) in [6, 6.07) is 0. The highest BCUT2D eigenvalue weighted by Gasteiger charge is 2.66. The Balaban J connectivity index is 2.23. The average Bonchev–Trinajstić information content (AvgIpc) is 2.87. The van der Waals surface area contributed by atoms with Crippen LogP contribution in [0.15, 0.2) is 34.6 Å². The fraction of sp³-hybridized carbons (Fsp3) is 0.550. The summed E-state index contributed by atoms with van der Waals surface area (Å²) in [5.41, 5.74) is -1.77. The Kier molecular flexibility index (Phi) is 4.22. The molecule has 3 aliphatic rings. The van der Waals surface area contributed by atoms with Crippen molar-refractivity contribution in [2.45, 2.75) is 59.2 Å². The van der Waals surface area contributed by atoms with Gasteiger partial charge in [0, 0.05) is 23.1 Å². The molecular weight excluding hydrogens is 336 g/mol. The summed E-state index contributed by atoms with van der Waals surface area (Å²) in [5, 5.41) is 11.3. The zero-order chi connectivity index (χ0) is 19.4. The highest BCUT2D eigenvalue weighted by atomic mass is 16.6. The number of ether oxygens (including phenoxy) is 2. The van der Waals surface area contributed by atoms with Crippen LogP contribution in [0.3, 0.4) is 0 Å². The van der Waals surface area contributed by atoms with E-state index in [4.69, 9.17) is 9.47 Å². The summed E-state index contributed by atoms with van der Waals surface area (Å²) in [4.78, 5) is 37.3. The second-order valence-electron chi connectivity index (χ2n) is 7.61. The van der Waals surface area contributed by atoms with Gasteiger partial charge < -0.3 is 14.6 Å². The highest BCUT2D eigenvalue weighted by Crippen LogP contribution is 2.57. The number of ketones is 1. The van der Waals surface area contributed by atoms with Gasteiger partial charge in [0.2, 0.25) is 0 Å². The van der Waals surface area contributed by atoms with Gasteiger partial charge in [-0.3, -0.25) is 4.79 Å². The first-order valence-corrected chi connectivity index (χ1v) is 8.83. The van der Waals surface area contributed by atoms with E-state index in [0.717, 1.165) is 0 Å². The van der Waals surface area contributed by atoms with E-state index in [1.165, 1.54) is 6.08 Å². The van der Waals surface area contributed by atoms with Crippen LogP contribution in [0.4, 0.5) is 0 Å². The van der Waals surface area contributed by atoms with Crippen molar-refractivity contribution in [2.75, 3.05) is 0 Å². The number of Topliss-reactive ketones (excluding diaryl/α,β-unsaturated/α-hetero) is 1. The molecule has 0 spiro atoms. The number of hydrogen-bond acceptors (Lipinski definition) is 6. The molecule has 1 N–H and O–H groups in total. The molecule has 4 atom stereocenters. The van der Waals surface area contributed by atoms with Crippen LogP contribution in [0.1, 0.15) is 47.5 Å². The number of fused-ring (bicyclic) bond motifs is 2. The predicted molar refractivity (Wildman–Crippen MR) is 92.6 cm³/mol. The second kappa shape index (κ2) is 5.91. The molecule has 1 aliphatic heterocycles. The number of carbonyl (C=O) groups excluding carboxylic acids is 3. The molecule has 140 valence electrons. The summed E-state index contributed by atoms with van der Waals surface area (Å²) in [7, 11) is 0. The lowest BCUT2D eigenvalue weighted by molar-refractivity contribution is -0.186. The van der Waals surface area contributed by atoms with Gasteiger partial charge in [-0.1, -0.05) is 19.9 Å². The predicted octanol–water partition coefficient (Wildman–Crippen LogP) is 2.37. The molecule has 0 saturated heterocycles. The van der Waals surface area contributed by atoms with Crippen LogP contribution in [0.25, 0.3) is 0 Å². The van der Waals surface area contributed by atoms with Crippen molar-refractivity contribution in [1.82, 2.24) is 0 Å². The van der Waals surface area contributed by atoms with Crippen molar-refractivity contribution in [3.05, 3.63) is 34.6 Å². The lowest BCUT2D eigenvalue weighted by atomic mass is 9.52. The summed E-state index contributed by atoms with van der Waals surface area (Å²) >= 11 is 0. The number of hydrogen-bond donors (Lipinski definition) is 1. The molecule has 0 aromatic rings. The van der Waals surface area contributed by atoms with Gasteiger partial charge in [-0.25, -0.2) is 9.59 Å². The first-order chi connectivity index (χ1) is 12.1. The van der Waals surface area contributed by atoms with Gasteiger partial charge in [0.15, 0.2) is 11.4 Å². The van der Waals surface area contributed by atoms with Crippen LogP contribution in [-0.4, -0.2) is 34.5 Å². The summed E-state index contributed by atoms with van der Waals surface area (Å²) in [5.74, 6) is -1.46. The van der Waals surface area contributed by atoms with Crippen molar-refractivity contribution in [3.63, 3.8) is 0 Å². The van der Waals surface area contributed by atoms with E-state index in [1.807, 2.05) is 6.92 Å². The Labute approximate surface area is 152 Å². The van der Waals surface area contributed by atoms with Crippen LogP contribution < -0.4 is 0 Å². The zero-order valence-electron chi connectivity index (χ0n) is 15.7. The zero-order valence-corrected chi connectivity index (χ0v) is 15.7. The molecule has 3 rings (SSSR count). The van der Waals surface area contributed by atoms with Crippen molar-refractivity contribution in [3.8, 4) is 0 Å². The largest absolute Gasteiger partial charge is 0.453 e. The standard InChI is InChI=1S/C20H24O6/c1-6-10(2)17(22)26-16-15-12(4)18(23)25-13(15)9-20(24)14(21)8-7-11(3)19(16,20)5/h6,9,11,16,24H,7-8H2,1-5H3/b10-6+/t11-,16+,19-,20?/m0/s1. The highest BCUT2D eigenvalue weighted by molar-refractivity contribution is 5.98. The maximum absolute atomic E-state index is 12.7. The van der Waals surface area contributed by atoms with Crippen LogP contribution in [0, 0.1) is 11.3 Å². The van der Waals surface area contributed by atoms with Crippen LogP contribution in [0.2, 0.25) is 0 Å². The Bertz CT molecular complexity index is 801. The van der Waals surface area contributed by atoms with Gasteiger partial charge in [-0.2, -0.15) is 0 Å².